The highest BCUT2D eigenvalue weighted by molar-refractivity contribution is 7.88. The number of aliphatic imine (C=N–C) groups is 1. The number of hydrogen-bond acceptors (Lipinski definition) is 5. The predicted molar refractivity (Wildman–Crippen MR) is 86.7 cm³/mol. The summed E-state index contributed by atoms with van der Waals surface area (Å²) in [5.41, 5.74) is -0.747. The van der Waals surface area contributed by atoms with E-state index in [-0.39, 0.29) is 17.7 Å². The fraction of sp³-hybridized carbons (Fsp3) is 0.867. The number of carbonyl (C=O) groups excluding carboxylic acids is 1. The van der Waals surface area contributed by atoms with Crippen LogP contribution in [0.4, 0.5) is 0 Å². The molecule has 2 heterocycles. The van der Waals surface area contributed by atoms with Crippen LogP contribution < -0.4 is 0 Å². The molecule has 1 saturated heterocycles. The highest BCUT2D eigenvalue weighted by Gasteiger charge is 2.61. The predicted octanol–water partition coefficient (Wildman–Crippen LogP) is 0.324. The number of methoxy groups -OCH3 is 1. The monoisotopic (exact) mass is 343 g/mol. The fourth-order valence-corrected chi connectivity index (χ4v) is 5.20. The molecule has 1 aliphatic carbocycles. The number of amides is 1. The molecule has 1 saturated carbocycles. The molecule has 0 N–H and O–H groups in total. The molecular formula is C15H25N3O4S. The molecule has 2 aliphatic heterocycles. The third-order valence-corrected chi connectivity index (χ3v) is 6.71. The van der Waals surface area contributed by atoms with Crippen molar-refractivity contribution in [2.75, 3.05) is 39.6 Å². The van der Waals surface area contributed by atoms with Gasteiger partial charge in [0.25, 0.3) is 5.91 Å². The Morgan fingerprint density at radius 3 is 2.74 bits per heavy atom. The van der Waals surface area contributed by atoms with Gasteiger partial charge < -0.3 is 4.74 Å². The Morgan fingerprint density at radius 2 is 2.13 bits per heavy atom. The fourth-order valence-electron chi connectivity index (χ4n) is 4.30. The molecule has 1 spiro atoms. The lowest BCUT2D eigenvalue weighted by Gasteiger charge is -2.27. The number of fused-ring (bicyclic) bond motifs is 2. The molecule has 3 aliphatic rings. The summed E-state index contributed by atoms with van der Waals surface area (Å²) in [4.78, 5) is 19.7. The standard InChI is InChI=1S/C15H25N3O4S/c1-4-13-16-15(14(19)18(13)7-8-22-2)6-5-11-9-17(10-12(11)15)23(3,20)21/h11-12H,4-10H2,1-3H3/t11-,12+,15-/m1/s1. The highest BCUT2D eigenvalue weighted by Crippen LogP contribution is 2.50. The van der Waals surface area contributed by atoms with Crippen molar-refractivity contribution in [2.45, 2.75) is 31.7 Å². The lowest BCUT2D eigenvalue weighted by molar-refractivity contribution is -0.132. The van der Waals surface area contributed by atoms with E-state index < -0.39 is 15.6 Å². The van der Waals surface area contributed by atoms with Gasteiger partial charge in [0.05, 0.1) is 19.4 Å². The molecule has 1 amide bonds. The van der Waals surface area contributed by atoms with Crippen molar-refractivity contribution in [3.05, 3.63) is 0 Å². The first-order chi connectivity index (χ1) is 10.8. The van der Waals surface area contributed by atoms with E-state index in [9.17, 15) is 13.2 Å². The van der Waals surface area contributed by atoms with Gasteiger partial charge in [-0.3, -0.25) is 14.7 Å². The lowest BCUT2D eigenvalue weighted by atomic mass is 9.85. The molecule has 0 unspecified atom stereocenters. The van der Waals surface area contributed by atoms with E-state index >= 15 is 0 Å². The summed E-state index contributed by atoms with van der Waals surface area (Å²) in [6, 6.07) is 0. The van der Waals surface area contributed by atoms with E-state index in [2.05, 4.69) is 0 Å². The summed E-state index contributed by atoms with van der Waals surface area (Å²) in [7, 11) is -1.60. The molecule has 3 atom stereocenters. The summed E-state index contributed by atoms with van der Waals surface area (Å²) in [5, 5.41) is 0. The Bertz CT molecular complexity index is 633. The summed E-state index contributed by atoms with van der Waals surface area (Å²) in [5.74, 6) is 1.08. The van der Waals surface area contributed by atoms with Crippen molar-refractivity contribution in [2.24, 2.45) is 16.8 Å². The zero-order valence-electron chi connectivity index (χ0n) is 14.0. The van der Waals surface area contributed by atoms with Crippen molar-refractivity contribution in [3.63, 3.8) is 0 Å². The lowest BCUT2D eigenvalue weighted by Crippen LogP contribution is -2.47. The molecule has 0 aromatic carbocycles. The molecular weight excluding hydrogens is 318 g/mol. The number of amidine groups is 1. The zero-order chi connectivity index (χ0) is 16.8. The van der Waals surface area contributed by atoms with Crippen molar-refractivity contribution in [3.8, 4) is 0 Å². The second kappa shape index (κ2) is 5.82. The Labute approximate surface area is 137 Å². The van der Waals surface area contributed by atoms with Crippen LogP contribution in [0.2, 0.25) is 0 Å². The Morgan fingerprint density at radius 1 is 1.39 bits per heavy atom. The SMILES string of the molecule is CCC1=N[C@@]2(CC[C@@H]3CN(S(C)(=O)=O)C[C@@H]32)C(=O)N1CCOC. The number of ether oxygens (including phenoxy) is 1. The Kier molecular flexibility index (Phi) is 4.27. The number of hydrogen-bond donors (Lipinski definition) is 0. The second-order valence-electron chi connectivity index (χ2n) is 6.74. The van der Waals surface area contributed by atoms with E-state index in [4.69, 9.17) is 9.73 Å². The van der Waals surface area contributed by atoms with Crippen LogP contribution in [0.15, 0.2) is 4.99 Å². The molecule has 23 heavy (non-hydrogen) atoms. The van der Waals surface area contributed by atoms with Crippen LogP contribution >= 0.6 is 0 Å². The maximum absolute atomic E-state index is 13.1. The van der Waals surface area contributed by atoms with Crippen LogP contribution in [0.25, 0.3) is 0 Å². The molecule has 8 heteroatoms. The van der Waals surface area contributed by atoms with Gasteiger partial charge in [-0.15, -0.1) is 0 Å². The average molecular weight is 343 g/mol. The first-order valence-corrected chi connectivity index (χ1v) is 10.0. The van der Waals surface area contributed by atoms with Gasteiger partial charge in [0.15, 0.2) is 0 Å². The van der Waals surface area contributed by atoms with Crippen LogP contribution in [0.5, 0.6) is 0 Å². The van der Waals surface area contributed by atoms with Gasteiger partial charge in [-0.2, -0.15) is 0 Å². The maximum atomic E-state index is 13.1. The molecule has 130 valence electrons. The van der Waals surface area contributed by atoms with Crippen LogP contribution in [0.1, 0.15) is 26.2 Å². The largest absolute Gasteiger partial charge is 0.383 e. The van der Waals surface area contributed by atoms with Gasteiger partial charge in [-0.05, 0) is 18.8 Å². The third-order valence-electron chi connectivity index (χ3n) is 5.48. The van der Waals surface area contributed by atoms with E-state index in [0.29, 0.717) is 32.7 Å². The summed E-state index contributed by atoms with van der Waals surface area (Å²) in [6.07, 6.45) is 3.53. The quantitative estimate of drug-likeness (QED) is 0.720. The Hall–Kier alpha value is -0.990. The van der Waals surface area contributed by atoms with Crippen LogP contribution in [-0.4, -0.2) is 74.5 Å². The summed E-state index contributed by atoms with van der Waals surface area (Å²) in [6.45, 7) is 3.91. The Balaban J connectivity index is 1.88. The summed E-state index contributed by atoms with van der Waals surface area (Å²) >= 11 is 0. The van der Waals surface area contributed by atoms with Crippen molar-refractivity contribution in [1.29, 1.82) is 0 Å². The zero-order valence-corrected chi connectivity index (χ0v) is 14.8. The normalized spacial score (nSPS) is 34.5. The van der Waals surface area contributed by atoms with E-state index in [1.165, 1.54) is 10.6 Å². The molecule has 2 fully saturated rings. The molecule has 0 bridgehead atoms. The van der Waals surface area contributed by atoms with Crippen LogP contribution in [0.3, 0.4) is 0 Å². The third kappa shape index (κ3) is 2.60. The first-order valence-electron chi connectivity index (χ1n) is 8.18. The second-order valence-corrected chi connectivity index (χ2v) is 8.72. The molecule has 0 radical (unpaired) electrons. The van der Waals surface area contributed by atoms with Crippen LogP contribution in [-0.2, 0) is 19.6 Å². The van der Waals surface area contributed by atoms with Gasteiger partial charge in [-0.1, -0.05) is 6.92 Å². The molecule has 3 rings (SSSR count). The van der Waals surface area contributed by atoms with Gasteiger partial charge in [0, 0.05) is 32.5 Å². The number of rotatable bonds is 5. The van der Waals surface area contributed by atoms with E-state index in [0.717, 1.165) is 18.7 Å². The maximum Gasteiger partial charge on any atom is 0.256 e. The number of carbonyl (C=O) groups is 1. The first kappa shape index (κ1) is 16.9. The van der Waals surface area contributed by atoms with Crippen LogP contribution in [0, 0.1) is 11.8 Å². The van der Waals surface area contributed by atoms with Crippen molar-refractivity contribution < 1.29 is 17.9 Å². The van der Waals surface area contributed by atoms with E-state index in [1.54, 1.807) is 12.0 Å². The minimum absolute atomic E-state index is 0.00109. The summed E-state index contributed by atoms with van der Waals surface area (Å²) < 4.78 is 30.3. The molecule has 0 aromatic rings. The number of nitrogens with zero attached hydrogens (tertiary/aromatic N) is 3. The smallest absolute Gasteiger partial charge is 0.256 e. The average Bonchev–Trinajstić information content (AvgIpc) is 3.12. The van der Waals surface area contributed by atoms with Gasteiger partial charge in [0.1, 0.15) is 11.4 Å². The van der Waals surface area contributed by atoms with Gasteiger partial charge in [0.2, 0.25) is 10.0 Å². The van der Waals surface area contributed by atoms with E-state index in [1.807, 2.05) is 6.92 Å². The minimum Gasteiger partial charge on any atom is -0.383 e. The topological polar surface area (TPSA) is 79.3 Å². The number of sulfonamides is 1. The highest BCUT2D eigenvalue weighted by atomic mass is 32.2. The molecule has 0 aromatic heterocycles. The van der Waals surface area contributed by atoms with Crippen molar-refractivity contribution in [1.82, 2.24) is 9.21 Å². The molecule has 7 nitrogen and oxygen atoms in total. The minimum atomic E-state index is -3.22. The van der Waals surface area contributed by atoms with Gasteiger partial charge in [-0.25, -0.2) is 12.7 Å². The van der Waals surface area contributed by atoms with Gasteiger partial charge >= 0.3 is 0 Å². The van der Waals surface area contributed by atoms with Crippen molar-refractivity contribution >= 4 is 21.8 Å².